The zero-order valence-corrected chi connectivity index (χ0v) is 14.8. The molecule has 1 aliphatic heterocycles. The van der Waals surface area contributed by atoms with Crippen molar-refractivity contribution in [2.75, 3.05) is 4.72 Å². The fraction of sp³-hybridized carbons (Fsp3) is 0.312. The molecule has 1 aromatic carbocycles. The van der Waals surface area contributed by atoms with Gasteiger partial charge >= 0.3 is 0 Å². The summed E-state index contributed by atoms with van der Waals surface area (Å²) in [6.45, 7) is 1.94. The summed E-state index contributed by atoms with van der Waals surface area (Å²) in [4.78, 5) is 11.5. The van der Waals surface area contributed by atoms with Crippen LogP contribution in [0.15, 0.2) is 41.6 Å². The van der Waals surface area contributed by atoms with Crippen molar-refractivity contribution < 1.29 is 9.35 Å². The number of anilines is 1. The highest BCUT2D eigenvalue weighted by molar-refractivity contribution is 7.93. The van der Waals surface area contributed by atoms with Gasteiger partial charge in [0.2, 0.25) is 11.2 Å². The van der Waals surface area contributed by atoms with Crippen molar-refractivity contribution in [3.8, 4) is 0 Å². The van der Waals surface area contributed by atoms with Crippen molar-refractivity contribution >= 4 is 46.2 Å². The van der Waals surface area contributed by atoms with Gasteiger partial charge in [0.25, 0.3) is 11.4 Å². The summed E-state index contributed by atoms with van der Waals surface area (Å²) >= 11 is 11.2. The van der Waals surface area contributed by atoms with E-state index in [9.17, 15) is 9.35 Å². The number of hydrogen-bond donors (Lipinski definition) is 3. The molecule has 0 aromatic heterocycles. The van der Waals surface area contributed by atoms with Crippen molar-refractivity contribution in [2.24, 2.45) is 0 Å². The molecule has 1 aliphatic carbocycles. The van der Waals surface area contributed by atoms with Gasteiger partial charge in [-0.25, -0.2) is 0 Å². The minimum absolute atomic E-state index is 0.00311. The second-order valence-corrected chi connectivity index (χ2v) is 7.92. The normalized spacial score (nSPS) is 25.0. The van der Waals surface area contributed by atoms with Crippen molar-refractivity contribution in [3.63, 3.8) is 0 Å². The Morgan fingerprint density at radius 1 is 1.35 bits per heavy atom. The molecule has 3 unspecified atom stereocenters. The monoisotopic (exact) mass is 371 g/mol. The van der Waals surface area contributed by atoms with Gasteiger partial charge < -0.3 is 5.32 Å². The molecule has 1 fully saturated rings. The highest BCUT2D eigenvalue weighted by atomic mass is 35.5. The zero-order valence-electron chi connectivity index (χ0n) is 12.5. The Morgan fingerprint density at radius 2 is 2.13 bits per heavy atom. The number of piperidine rings is 1. The van der Waals surface area contributed by atoms with Crippen LogP contribution >= 0.6 is 23.2 Å². The Morgan fingerprint density at radius 3 is 2.91 bits per heavy atom. The Kier molecular flexibility index (Phi) is 4.92. The molecule has 1 heterocycles. The average Bonchev–Trinajstić information content (AvgIpc) is 2.50. The van der Waals surface area contributed by atoms with Crippen LogP contribution in [0.25, 0.3) is 0 Å². The van der Waals surface area contributed by atoms with Gasteiger partial charge in [-0.3, -0.25) is 4.79 Å². The van der Waals surface area contributed by atoms with Gasteiger partial charge in [0.05, 0.1) is 5.69 Å². The summed E-state index contributed by atoms with van der Waals surface area (Å²) in [5.74, 6) is -0.00311. The van der Waals surface area contributed by atoms with Crippen molar-refractivity contribution in [2.45, 2.75) is 30.4 Å². The topological polar surface area (TPSA) is 61.4 Å². The van der Waals surface area contributed by atoms with Crippen LogP contribution < -0.4 is 10.0 Å². The lowest BCUT2D eigenvalue weighted by Gasteiger charge is -2.26. The van der Waals surface area contributed by atoms with Crippen LogP contribution in [0.1, 0.15) is 18.4 Å². The van der Waals surface area contributed by atoms with E-state index in [1.807, 2.05) is 25.1 Å². The lowest BCUT2D eigenvalue weighted by Crippen LogP contribution is -2.39. The number of amides is 1. The van der Waals surface area contributed by atoms with Gasteiger partial charge in [-0.1, -0.05) is 23.7 Å². The summed E-state index contributed by atoms with van der Waals surface area (Å²) in [6.07, 6.45) is 4.93. The van der Waals surface area contributed by atoms with Gasteiger partial charge in [0.15, 0.2) is 0 Å². The van der Waals surface area contributed by atoms with Crippen LogP contribution in [0.3, 0.4) is 0 Å². The van der Waals surface area contributed by atoms with Crippen molar-refractivity contribution in [1.82, 2.24) is 5.32 Å². The largest absolute Gasteiger partial charge is 0.326 e. The summed E-state index contributed by atoms with van der Waals surface area (Å²) in [7, 11) is 0. The Bertz CT molecular complexity index is 705. The van der Waals surface area contributed by atoms with E-state index in [0.29, 0.717) is 17.9 Å². The third-order valence-corrected chi connectivity index (χ3v) is 6.07. The quantitative estimate of drug-likeness (QED) is 0.559. The third-order valence-electron chi connectivity index (χ3n) is 3.92. The summed E-state index contributed by atoms with van der Waals surface area (Å²) in [5, 5.41) is 2.79. The lowest BCUT2D eigenvalue weighted by atomic mass is 9.95. The number of benzene rings is 1. The summed E-state index contributed by atoms with van der Waals surface area (Å²) < 4.78 is 13.7. The number of carbonyl (C=O) groups is 1. The zero-order chi connectivity index (χ0) is 16.6. The molecule has 3 atom stereocenters. The molecule has 4 nitrogen and oxygen atoms in total. The summed E-state index contributed by atoms with van der Waals surface area (Å²) in [6, 6.07) is 5.46. The number of allylic oxidation sites excluding steroid dienone is 2. The van der Waals surface area contributed by atoms with E-state index in [0.717, 1.165) is 22.5 Å². The predicted octanol–water partition coefficient (Wildman–Crippen LogP) is 3.78. The number of fused-ring (bicyclic) bond motifs is 1. The van der Waals surface area contributed by atoms with E-state index >= 15 is 0 Å². The van der Waals surface area contributed by atoms with Crippen molar-refractivity contribution in [1.29, 1.82) is 0 Å². The van der Waals surface area contributed by atoms with Crippen LogP contribution in [0, 0.1) is 6.92 Å². The summed E-state index contributed by atoms with van der Waals surface area (Å²) in [5.41, 5.74) is 3.56. The molecule has 3 N–H and O–H groups in total. The number of nitrogens with one attached hydrogen (secondary N) is 2. The molecule has 1 saturated heterocycles. The van der Waals surface area contributed by atoms with Gasteiger partial charge in [0.1, 0.15) is 5.38 Å². The Labute approximate surface area is 148 Å². The number of aryl methyl sites for hydroxylation is 1. The number of hydrogen-bond acceptors (Lipinski definition) is 3. The Hall–Kier alpha value is -1.14. The number of alkyl halides is 1. The van der Waals surface area contributed by atoms with Crippen LogP contribution in [0.5, 0.6) is 0 Å². The molecule has 1 aromatic rings. The SMILES string of the molecule is Cc1ccc(Cl)cc1N[S+](O)C1C=C2NC(=O)CCC2=CC1Cl. The van der Waals surface area contributed by atoms with Crippen LogP contribution in [-0.2, 0) is 16.2 Å². The van der Waals surface area contributed by atoms with E-state index in [1.54, 1.807) is 12.1 Å². The lowest BCUT2D eigenvalue weighted by molar-refractivity contribution is -0.120. The molecule has 3 rings (SSSR count). The molecule has 122 valence electrons. The minimum Gasteiger partial charge on any atom is -0.326 e. The maximum atomic E-state index is 11.5. The van der Waals surface area contributed by atoms with E-state index in [1.165, 1.54) is 0 Å². The van der Waals surface area contributed by atoms with E-state index in [4.69, 9.17) is 23.2 Å². The second kappa shape index (κ2) is 6.77. The molecule has 0 saturated carbocycles. The first-order chi connectivity index (χ1) is 10.9. The molecular formula is C16H17Cl2N2O2S+. The predicted molar refractivity (Wildman–Crippen MR) is 96.8 cm³/mol. The molecule has 0 spiro atoms. The minimum atomic E-state index is -1.20. The third kappa shape index (κ3) is 3.69. The van der Waals surface area contributed by atoms with Gasteiger partial charge in [0, 0.05) is 17.1 Å². The number of carbonyl (C=O) groups excluding carboxylic acids is 1. The van der Waals surface area contributed by atoms with Crippen LogP contribution in [0.4, 0.5) is 5.69 Å². The van der Waals surface area contributed by atoms with E-state index in [2.05, 4.69) is 10.0 Å². The fourth-order valence-corrected chi connectivity index (χ4v) is 4.47. The molecule has 23 heavy (non-hydrogen) atoms. The van der Waals surface area contributed by atoms with Gasteiger partial charge in [-0.15, -0.1) is 11.6 Å². The maximum Gasteiger partial charge on any atom is 0.272 e. The highest BCUT2D eigenvalue weighted by Crippen LogP contribution is 2.32. The van der Waals surface area contributed by atoms with Gasteiger partial charge in [-0.05, 0) is 42.7 Å². The average molecular weight is 372 g/mol. The van der Waals surface area contributed by atoms with Gasteiger partial charge in [-0.2, -0.15) is 9.27 Å². The molecule has 7 heteroatoms. The second-order valence-electron chi connectivity index (χ2n) is 5.61. The number of rotatable bonds is 3. The Balaban J connectivity index is 1.79. The first-order valence-corrected chi connectivity index (χ1v) is 9.32. The molecule has 0 radical (unpaired) electrons. The van der Waals surface area contributed by atoms with Crippen LogP contribution in [-0.4, -0.2) is 21.1 Å². The highest BCUT2D eigenvalue weighted by Gasteiger charge is 2.39. The molecule has 1 amide bonds. The molecular weight excluding hydrogens is 355 g/mol. The van der Waals surface area contributed by atoms with Crippen molar-refractivity contribution in [3.05, 3.63) is 52.2 Å². The fourth-order valence-electron chi connectivity index (χ4n) is 2.61. The first kappa shape index (κ1) is 16.7. The van der Waals surface area contributed by atoms with E-state index in [-0.39, 0.29) is 16.5 Å². The maximum absolute atomic E-state index is 11.5. The van der Waals surface area contributed by atoms with Crippen LogP contribution in [0.2, 0.25) is 5.02 Å². The van der Waals surface area contributed by atoms with E-state index < -0.39 is 11.4 Å². The first-order valence-electron chi connectivity index (χ1n) is 7.26. The molecule has 2 aliphatic rings. The number of halogens is 2. The standard InChI is InChI=1S/C16H16Cl2N2O2S/c1-9-2-4-11(17)7-13(9)20-23(22)15-8-14-10(6-12(15)18)3-5-16(21)19-14/h2,4,6-8,12,15,20,22H,3,5H2,1H3/p+1. The smallest absolute Gasteiger partial charge is 0.272 e. The molecule has 0 bridgehead atoms.